The molecule has 0 aliphatic heterocycles. The van der Waals surface area contributed by atoms with Crippen molar-refractivity contribution in [2.24, 2.45) is 0 Å². The van der Waals surface area contributed by atoms with Crippen molar-refractivity contribution in [3.05, 3.63) is 22.2 Å². The Balaban J connectivity index is 2.92. The number of nitrogens with two attached hydrogens (primary N) is 1. The number of halogens is 2. The molecule has 0 bridgehead atoms. The smallest absolute Gasteiger partial charge is 0.144 e. The van der Waals surface area contributed by atoms with Gasteiger partial charge in [-0.05, 0) is 19.4 Å². The molecule has 0 aliphatic carbocycles. The number of hydrogen-bond acceptors (Lipinski definition) is 2. The Morgan fingerprint density at radius 3 is 2.50 bits per heavy atom. The third-order valence-corrected chi connectivity index (χ3v) is 2.68. The number of benzene rings is 1. The van der Waals surface area contributed by atoms with Crippen LogP contribution in [0.25, 0.3) is 0 Å². The first-order chi connectivity index (χ1) is 6.54. The molecule has 0 spiro atoms. The highest BCUT2D eigenvalue weighted by Crippen LogP contribution is 2.32. The highest BCUT2D eigenvalue weighted by molar-refractivity contribution is 6.42. The van der Waals surface area contributed by atoms with Gasteiger partial charge < -0.3 is 10.5 Å². The lowest BCUT2D eigenvalue weighted by atomic mass is 10.2. The molecule has 1 atom stereocenters. The fourth-order valence-corrected chi connectivity index (χ4v) is 1.27. The van der Waals surface area contributed by atoms with E-state index in [0.717, 1.165) is 6.42 Å². The first-order valence-corrected chi connectivity index (χ1v) is 5.21. The van der Waals surface area contributed by atoms with E-state index in [-0.39, 0.29) is 6.10 Å². The average molecular weight is 234 g/mol. The molecule has 0 radical (unpaired) electrons. The summed E-state index contributed by atoms with van der Waals surface area (Å²) < 4.78 is 5.56. The van der Waals surface area contributed by atoms with Crippen LogP contribution in [0, 0.1) is 0 Å². The van der Waals surface area contributed by atoms with Crippen LogP contribution in [0.5, 0.6) is 5.75 Å². The van der Waals surface area contributed by atoms with Gasteiger partial charge in [0.2, 0.25) is 0 Å². The maximum atomic E-state index is 5.84. The van der Waals surface area contributed by atoms with Gasteiger partial charge in [0.15, 0.2) is 0 Å². The quantitative estimate of drug-likeness (QED) is 0.808. The fraction of sp³-hybridized carbons (Fsp3) is 0.400. The second kappa shape index (κ2) is 4.76. The molecule has 1 aromatic carbocycles. The largest absolute Gasteiger partial charge is 0.489 e. The van der Waals surface area contributed by atoms with E-state index in [0.29, 0.717) is 21.5 Å². The van der Waals surface area contributed by atoms with Crippen molar-refractivity contribution in [3.63, 3.8) is 0 Å². The first kappa shape index (κ1) is 11.5. The molecule has 14 heavy (non-hydrogen) atoms. The van der Waals surface area contributed by atoms with Gasteiger partial charge in [0.25, 0.3) is 0 Å². The summed E-state index contributed by atoms with van der Waals surface area (Å²) in [6, 6.07) is 3.24. The van der Waals surface area contributed by atoms with Crippen molar-refractivity contribution in [1.82, 2.24) is 0 Å². The van der Waals surface area contributed by atoms with Crippen LogP contribution in [0.3, 0.4) is 0 Å². The molecule has 78 valence electrons. The molecule has 4 heteroatoms. The van der Waals surface area contributed by atoms with E-state index in [4.69, 9.17) is 33.7 Å². The minimum Gasteiger partial charge on any atom is -0.489 e. The lowest BCUT2D eigenvalue weighted by Gasteiger charge is -2.14. The van der Waals surface area contributed by atoms with Gasteiger partial charge in [-0.3, -0.25) is 0 Å². The summed E-state index contributed by atoms with van der Waals surface area (Å²) >= 11 is 11.6. The average Bonchev–Trinajstić information content (AvgIpc) is 2.14. The monoisotopic (exact) mass is 233 g/mol. The highest BCUT2D eigenvalue weighted by atomic mass is 35.5. The van der Waals surface area contributed by atoms with Crippen LogP contribution in [0.1, 0.15) is 20.3 Å². The van der Waals surface area contributed by atoms with E-state index in [2.05, 4.69) is 0 Å². The number of anilines is 1. The second-order valence-electron chi connectivity index (χ2n) is 3.14. The molecule has 0 aromatic heterocycles. The van der Waals surface area contributed by atoms with Crippen LogP contribution in [0.2, 0.25) is 10.0 Å². The molecule has 0 saturated carbocycles. The maximum Gasteiger partial charge on any atom is 0.144 e. The summed E-state index contributed by atoms with van der Waals surface area (Å²) in [4.78, 5) is 0. The van der Waals surface area contributed by atoms with Crippen LogP contribution in [0.4, 0.5) is 5.69 Å². The Kier molecular flexibility index (Phi) is 3.90. The third kappa shape index (κ3) is 2.69. The molecule has 0 amide bonds. The fourth-order valence-electron chi connectivity index (χ4n) is 0.946. The summed E-state index contributed by atoms with van der Waals surface area (Å²) in [6.45, 7) is 4.01. The lowest BCUT2D eigenvalue weighted by molar-refractivity contribution is 0.219. The van der Waals surface area contributed by atoms with Gasteiger partial charge in [-0.25, -0.2) is 0 Å². The van der Waals surface area contributed by atoms with E-state index >= 15 is 0 Å². The Morgan fingerprint density at radius 1 is 1.36 bits per heavy atom. The van der Waals surface area contributed by atoms with Crippen molar-refractivity contribution >= 4 is 28.9 Å². The second-order valence-corrected chi connectivity index (χ2v) is 3.96. The molecule has 2 nitrogen and oxygen atoms in total. The minimum absolute atomic E-state index is 0.120. The molecule has 0 saturated heterocycles. The summed E-state index contributed by atoms with van der Waals surface area (Å²) in [6.07, 6.45) is 1.04. The zero-order valence-corrected chi connectivity index (χ0v) is 9.69. The van der Waals surface area contributed by atoms with Crippen molar-refractivity contribution in [2.45, 2.75) is 26.4 Å². The van der Waals surface area contributed by atoms with Gasteiger partial charge in [0, 0.05) is 6.07 Å². The van der Waals surface area contributed by atoms with Crippen molar-refractivity contribution in [2.75, 3.05) is 5.73 Å². The van der Waals surface area contributed by atoms with E-state index < -0.39 is 0 Å². The molecule has 1 rings (SSSR count). The van der Waals surface area contributed by atoms with Crippen molar-refractivity contribution in [3.8, 4) is 5.75 Å². The normalized spacial score (nSPS) is 12.6. The van der Waals surface area contributed by atoms with Crippen LogP contribution in [-0.4, -0.2) is 6.10 Å². The van der Waals surface area contributed by atoms with Crippen LogP contribution < -0.4 is 10.5 Å². The molecular formula is C10H13Cl2NO. The molecule has 2 N–H and O–H groups in total. The molecular weight excluding hydrogens is 221 g/mol. The van der Waals surface area contributed by atoms with Gasteiger partial charge in [-0.2, -0.15) is 0 Å². The van der Waals surface area contributed by atoms with E-state index in [1.807, 2.05) is 13.8 Å². The van der Waals surface area contributed by atoms with Gasteiger partial charge >= 0.3 is 0 Å². The minimum atomic E-state index is 0.120. The topological polar surface area (TPSA) is 35.2 Å². The Labute approximate surface area is 94.0 Å². The lowest BCUT2D eigenvalue weighted by Crippen LogP contribution is -2.11. The van der Waals surface area contributed by atoms with Crippen LogP contribution in [0.15, 0.2) is 12.1 Å². The molecule has 0 aliphatic rings. The SMILES string of the molecule is CCC(C)Oc1cc(Cl)c(Cl)cc1N. The van der Waals surface area contributed by atoms with E-state index in [9.17, 15) is 0 Å². The molecule has 1 aromatic rings. The molecule has 0 fully saturated rings. The standard InChI is InChI=1S/C10H13Cl2NO/c1-3-6(2)14-10-5-8(12)7(11)4-9(10)13/h4-6H,3,13H2,1-2H3. The summed E-state index contributed by atoms with van der Waals surface area (Å²) in [5.41, 5.74) is 6.24. The molecule has 0 heterocycles. The maximum absolute atomic E-state index is 5.84. The summed E-state index contributed by atoms with van der Waals surface area (Å²) in [5, 5.41) is 0.903. The van der Waals surface area contributed by atoms with Crippen LogP contribution in [-0.2, 0) is 0 Å². The van der Waals surface area contributed by atoms with Crippen LogP contribution >= 0.6 is 23.2 Å². The predicted octanol–water partition coefficient (Wildman–Crippen LogP) is 3.75. The molecule has 1 unspecified atom stereocenters. The van der Waals surface area contributed by atoms with Crippen molar-refractivity contribution in [1.29, 1.82) is 0 Å². The number of rotatable bonds is 3. The zero-order valence-electron chi connectivity index (χ0n) is 8.18. The highest BCUT2D eigenvalue weighted by Gasteiger charge is 2.08. The van der Waals surface area contributed by atoms with Gasteiger partial charge in [-0.1, -0.05) is 30.1 Å². The number of nitrogen functional groups attached to an aromatic ring is 1. The number of hydrogen-bond donors (Lipinski definition) is 1. The zero-order chi connectivity index (χ0) is 10.7. The Hall–Kier alpha value is -0.600. The number of ether oxygens (including phenoxy) is 1. The van der Waals surface area contributed by atoms with Gasteiger partial charge in [-0.15, -0.1) is 0 Å². The Morgan fingerprint density at radius 2 is 1.93 bits per heavy atom. The third-order valence-electron chi connectivity index (χ3n) is 1.96. The first-order valence-electron chi connectivity index (χ1n) is 4.45. The van der Waals surface area contributed by atoms with Gasteiger partial charge in [0.05, 0.1) is 21.8 Å². The van der Waals surface area contributed by atoms with Gasteiger partial charge in [0.1, 0.15) is 5.75 Å². The van der Waals surface area contributed by atoms with E-state index in [1.165, 1.54) is 0 Å². The summed E-state index contributed by atoms with van der Waals surface area (Å²) in [5.74, 6) is 0.591. The van der Waals surface area contributed by atoms with E-state index in [1.54, 1.807) is 12.1 Å². The Bertz CT molecular complexity index is 328. The summed E-state index contributed by atoms with van der Waals surface area (Å²) in [7, 11) is 0. The van der Waals surface area contributed by atoms with Crippen molar-refractivity contribution < 1.29 is 4.74 Å². The predicted molar refractivity (Wildman–Crippen MR) is 61.3 cm³/mol.